The Kier molecular flexibility index (Phi) is 6.56. The Morgan fingerprint density at radius 2 is 1.76 bits per heavy atom. The summed E-state index contributed by atoms with van der Waals surface area (Å²) in [5.74, 6) is -1.22. The van der Waals surface area contributed by atoms with Crippen molar-refractivity contribution in [2.24, 2.45) is 0 Å². The molecule has 0 radical (unpaired) electrons. The second-order valence-electron chi connectivity index (χ2n) is 6.72. The van der Waals surface area contributed by atoms with E-state index in [2.05, 4.69) is 5.32 Å². The summed E-state index contributed by atoms with van der Waals surface area (Å²) < 4.78 is 31.5. The Bertz CT molecular complexity index is 1020. The number of amides is 1. The predicted molar refractivity (Wildman–Crippen MR) is 110 cm³/mol. The number of rotatable bonds is 6. The standard InChI is InChI=1S/C20H21ClN2O5S/c1-14-4-7-16(21)12-18(14)22-19(24)13-28-20(25)15-5-8-17(9-6-15)29(26,27)23-10-2-3-11-23/h4-9,12H,2-3,10-11,13H2,1H3,(H,22,24). The van der Waals surface area contributed by atoms with Gasteiger partial charge in [0.25, 0.3) is 5.91 Å². The van der Waals surface area contributed by atoms with Crippen LogP contribution >= 0.6 is 11.6 Å². The molecule has 154 valence electrons. The number of nitrogens with zero attached hydrogens (tertiary/aromatic N) is 1. The summed E-state index contributed by atoms with van der Waals surface area (Å²) in [7, 11) is -3.54. The van der Waals surface area contributed by atoms with Crippen LogP contribution in [-0.2, 0) is 19.6 Å². The molecule has 1 aliphatic heterocycles. The number of halogens is 1. The summed E-state index contributed by atoms with van der Waals surface area (Å²) >= 11 is 5.91. The van der Waals surface area contributed by atoms with E-state index in [1.807, 2.05) is 6.92 Å². The van der Waals surface area contributed by atoms with Crippen LogP contribution in [0.1, 0.15) is 28.8 Å². The van der Waals surface area contributed by atoms with Gasteiger partial charge in [0, 0.05) is 23.8 Å². The van der Waals surface area contributed by atoms with E-state index in [-0.39, 0.29) is 10.5 Å². The van der Waals surface area contributed by atoms with Gasteiger partial charge >= 0.3 is 5.97 Å². The molecular weight excluding hydrogens is 416 g/mol. The highest BCUT2D eigenvalue weighted by molar-refractivity contribution is 7.89. The van der Waals surface area contributed by atoms with Gasteiger partial charge in [0.15, 0.2) is 6.61 Å². The SMILES string of the molecule is Cc1ccc(Cl)cc1NC(=O)COC(=O)c1ccc(S(=O)(=O)N2CCCC2)cc1. The molecule has 2 aromatic rings. The number of hydrogen-bond donors (Lipinski definition) is 1. The lowest BCUT2D eigenvalue weighted by Gasteiger charge is -2.15. The van der Waals surface area contributed by atoms with Gasteiger partial charge in [-0.3, -0.25) is 4.79 Å². The maximum absolute atomic E-state index is 12.5. The molecule has 2 aromatic carbocycles. The number of benzene rings is 2. The molecular formula is C20H21ClN2O5S. The Balaban J connectivity index is 1.58. The van der Waals surface area contributed by atoms with Crippen molar-refractivity contribution in [1.82, 2.24) is 4.31 Å². The third-order valence-electron chi connectivity index (χ3n) is 4.60. The molecule has 0 aromatic heterocycles. The highest BCUT2D eigenvalue weighted by Gasteiger charge is 2.27. The first kappa shape index (κ1) is 21.3. The minimum atomic E-state index is -3.54. The van der Waals surface area contributed by atoms with Crippen LogP contribution in [0, 0.1) is 6.92 Å². The van der Waals surface area contributed by atoms with Crippen LogP contribution in [0.3, 0.4) is 0 Å². The van der Waals surface area contributed by atoms with E-state index in [9.17, 15) is 18.0 Å². The fraction of sp³-hybridized carbons (Fsp3) is 0.300. The molecule has 1 aliphatic rings. The van der Waals surface area contributed by atoms with Gasteiger partial charge in [-0.25, -0.2) is 13.2 Å². The van der Waals surface area contributed by atoms with Gasteiger partial charge in [0.05, 0.1) is 10.5 Å². The summed E-state index contributed by atoms with van der Waals surface area (Å²) in [6.07, 6.45) is 1.70. The summed E-state index contributed by atoms with van der Waals surface area (Å²) in [5, 5.41) is 3.11. The smallest absolute Gasteiger partial charge is 0.338 e. The maximum Gasteiger partial charge on any atom is 0.338 e. The molecule has 0 atom stereocenters. The Morgan fingerprint density at radius 3 is 2.41 bits per heavy atom. The minimum Gasteiger partial charge on any atom is -0.452 e. The van der Waals surface area contributed by atoms with E-state index < -0.39 is 28.5 Å². The van der Waals surface area contributed by atoms with Crippen LogP contribution in [0.15, 0.2) is 47.4 Å². The van der Waals surface area contributed by atoms with Gasteiger partial charge in [0.1, 0.15) is 0 Å². The van der Waals surface area contributed by atoms with Gasteiger partial charge in [-0.15, -0.1) is 0 Å². The van der Waals surface area contributed by atoms with Crippen molar-refractivity contribution in [3.8, 4) is 0 Å². The summed E-state index contributed by atoms with van der Waals surface area (Å²) in [4.78, 5) is 24.3. The number of anilines is 1. The lowest BCUT2D eigenvalue weighted by molar-refractivity contribution is -0.119. The van der Waals surface area contributed by atoms with Gasteiger partial charge in [0.2, 0.25) is 10.0 Å². The van der Waals surface area contributed by atoms with Crippen molar-refractivity contribution in [2.45, 2.75) is 24.7 Å². The van der Waals surface area contributed by atoms with E-state index in [1.54, 1.807) is 18.2 Å². The zero-order valence-corrected chi connectivity index (χ0v) is 17.4. The zero-order valence-electron chi connectivity index (χ0n) is 15.9. The maximum atomic E-state index is 12.5. The van der Waals surface area contributed by atoms with E-state index in [1.165, 1.54) is 28.6 Å². The summed E-state index contributed by atoms with van der Waals surface area (Å²) in [6.45, 7) is 2.36. The first-order valence-corrected chi connectivity index (χ1v) is 10.9. The monoisotopic (exact) mass is 436 g/mol. The van der Waals surface area contributed by atoms with Crippen LogP contribution in [0.4, 0.5) is 5.69 Å². The normalized spacial score (nSPS) is 14.6. The predicted octanol–water partition coefficient (Wildman–Crippen LogP) is 3.23. The average molecular weight is 437 g/mol. The van der Waals surface area contributed by atoms with Crippen molar-refractivity contribution in [1.29, 1.82) is 0 Å². The van der Waals surface area contributed by atoms with Crippen LogP contribution < -0.4 is 5.32 Å². The second kappa shape index (κ2) is 8.94. The number of carbonyl (C=O) groups excluding carboxylic acids is 2. The molecule has 1 amide bonds. The lowest BCUT2D eigenvalue weighted by Crippen LogP contribution is -2.27. The first-order valence-electron chi connectivity index (χ1n) is 9.11. The number of aryl methyl sites for hydroxylation is 1. The first-order chi connectivity index (χ1) is 13.8. The molecule has 0 saturated carbocycles. The van der Waals surface area contributed by atoms with Crippen LogP contribution in [0.25, 0.3) is 0 Å². The molecule has 1 fully saturated rings. The average Bonchev–Trinajstić information content (AvgIpc) is 3.25. The Morgan fingerprint density at radius 1 is 1.10 bits per heavy atom. The highest BCUT2D eigenvalue weighted by Crippen LogP contribution is 2.22. The van der Waals surface area contributed by atoms with Gasteiger partial charge in [-0.2, -0.15) is 4.31 Å². The number of ether oxygens (including phenoxy) is 1. The van der Waals surface area contributed by atoms with Crippen molar-refractivity contribution in [2.75, 3.05) is 25.0 Å². The number of esters is 1. The van der Waals surface area contributed by atoms with Gasteiger partial charge < -0.3 is 10.1 Å². The van der Waals surface area contributed by atoms with Crippen LogP contribution in [-0.4, -0.2) is 44.3 Å². The third kappa shape index (κ3) is 5.14. The van der Waals surface area contributed by atoms with Crippen LogP contribution in [0.2, 0.25) is 5.02 Å². The minimum absolute atomic E-state index is 0.130. The van der Waals surface area contributed by atoms with E-state index in [0.29, 0.717) is 23.8 Å². The molecule has 9 heteroatoms. The van der Waals surface area contributed by atoms with Crippen molar-refractivity contribution in [3.63, 3.8) is 0 Å². The van der Waals surface area contributed by atoms with E-state index >= 15 is 0 Å². The van der Waals surface area contributed by atoms with Crippen molar-refractivity contribution >= 4 is 39.2 Å². The molecule has 7 nitrogen and oxygen atoms in total. The topological polar surface area (TPSA) is 92.8 Å². The van der Waals surface area contributed by atoms with E-state index in [0.717, 1.165) is 18.4 Å². The fourth-order valence-corrected chi connectivity index (χ4v) is 4.66. The summed E-state index contributed by atoms with van der Waals surface area (Å²) in [6, 6.07) is 10.6. The van der Waals surface area contributed by atoms with Crippen LogP contribution in [0.5, 0.6) is 0 Å². The van der Waals surface area contributed by atoms with E-state index in [4.69, 9.17) is 16.3 Å². The summed E-state index contributed by atoms with van der Waals surface area (Å²) in [5.41, 5.74) is 1.52. The molecule has 1 saturated heterocycles. The second-order valence-corrected chi connectivity index (χ2v) is 9.09. The molecule has 1 N–H and O–H groups in total. The third-order valence-corrected chi connectivity index (χ3v) is 6.75. The molecule has 0 unspecified atom stereocenters. The molecule has 0 aliphatic carbocycles. The number of sulfonamides is 1. The van der Waals surface area contributed by atoms with Gasteiger partial charge in [-0.1, -0.05) is 17.7 Å². The van der Waals surface area contributed by atoms with Crippen molar-refractivity contribution < 1.29 is 22.7 Å². The molecule has 29 heavy (non-hydrogen) atoms. The van der Waals surface area contributed by atoms with Crippen molar-refractivity contribution in [3.05, 3.63) is 58.6 Å². The Hall–Kier alpha value is -2.42. The van der Waals surface area contributed by atoms with Gasteiger partial charge in [-0.05, 0) is 61.7 Å². The number of carbonyl (C=O) groups is 2. The zero-order chi connectivity index (χ0) is 21.0. The number of hydrogen-bond acceptors (Lipinski definition) is 5. The molecule has 1 heterocycles. The fourth-order valence-electron chi connectivity index (χ4n) is 2.97. The lowest BCUT2D eigenvalue weighted by atomic mass is 10.2. The molecule has 0 spiro atoms. The Labute approximate surface area is 174 Å². The molecule has 0 bridgehead atoms. The quantitative estimate of drug-likeness (QED) is 0.702. The molecule has 3 rings (SSSR count). The highest BCUT2D eigenvalue weighted by atomic mass is 35.5. The number of nitrogens with one attached hydrogen (secondary N) is 1. The largest absolute Gasteiger partial charge is 0.452 e.